The molecule has 0 atom stereocenters. The van der Waals surface area contributed by atoms with Gasteiger partial charge in [0.05, 0.1) is 12.7 Å². The summed E-state index contributed by atoms with van der Waals surface area (Å²) in [5.74, 6) is 1.66. The van der Waals surface area contributed by atoms with E-state index < -0.39 is 0 Å². The Kier molecular flexibility index (Phi) is 2.39. The van der Waals surface area contributed by atoms with Gasteiger partial charge in [-0.2, -0.15) is 0 Å². The molecular weight excluding hydrogens is 164 g/mol. The van der Waals surface area contributed by atoms with Crippen LogP contribution in [0.3, 0.4) is 0 Å². The summed E-state index contributed by atoms with van der Waals surface area (Å²) in [6.07, 6.45) is 2.81. The molecule has 0 unspecified atom stereocenters. The van der Waals surface area contributed by atoms with Crippen molar-refractivity contribution in [3.8, 4) is 11.5 Å². The van der Waals surface area contributed by atoms with Crippen LogP contribution in [0.1, 0.15) is 19.8 Å². The predicted octanol–water partition coefficient (Wildman–Crippen LogP) is 2.43. The van der Waals surface area contributed by atoms with E-state index in [0.717, 1.165) is 11.5 Å². The van der Waals surface area contributed by atoms with E-state index in [2.05, 4.69) is 6.07 Å². The molecule has 1 aromatic carbocycles. The van der Waals surface area contributed by atoms with Crippen molar-refractivity contribution < 1.29 is 9.47 Å². The van der Waals surface area contributed by atoms with Crippen molar-refractivity contribution in [3.63, 3.8) is 0 Å². The van der Waals surface area contributed by atoms with Crippen molar-refractivity contribution in [1.82, 2.24) is 0 Å². The van der Waals surface area contributed by atoms with Crippen LogP contribution in [0.2, 0.25) is 0 Å². The van der Waals surface area contributed by atoms with Gasteiger partial charge in [0.2, 0.25) is 0 Å². The second-order valence-corrected chi connectivity index (χ2v) is 3.14. The molecule has 1 aromatic rings. The average Bonchev–Trinajstić information content (AvgIpc) is 2.90. The lowest BCUT2D eigenvalue weighted by molar-refractivity contribution is 0.297. The summed E-state index contributed by atoms with van der Waals surface area (Å²) in [4.78, 5) is 0. The Morgan fingerprint density at radius 1 is 1.54 bits per heavy atom. The lowest BCUT2D eigenvalue weighted by Crippen LogP contribution is -1.97. The first-order valence-electron chi connectivity index (χ1n) is 4.69. The standard InChI is InChI=1S/C11H13O2/c1-2-12-10-4-3-5-11(8-10)13-9-6-7-9/h3,5,8-9H,2,6-7H2,1H3. The van der Waals surface area contributed by atoms with Gasteiger partial charge in [0.15, 0.2) is 0 Å². The molecule has 0 amide bonds. The number of rotatable bonds is 4. The molecule has 2 heteroatoms. The van der Waals surface area contributed by atoms with Gasteiger partial charge in [-0.3, -0.25) is 0 Å². The minimum Gasteiger partial charge on any atom is -0.493 e. The number of ether oxygens (including phenoxy) is 2. The van der Waals surface area contributed by atoms with Crippen molar-refractivity contribution in [2.75, 3.05) is 6.61 Å². The zero-order valence-corrected chi connectivity index (χ0v) is 7.75. The molecule has 2 rings (SSSR count). The number of hydrogen-bond donors (Lipinski definition) is 0. The highest BCUT2D eigenvalue weighted by Crippen LogP contribution is 2.28. The van der Waals surface area contributed by atoms with E-state index in [1.54, 1.807) is 0 Å². The third kappa shape index (κ3) is 2.38. The molecule has 1 radical (unpaired) electrons. The molecule has 1 saturated carbocycles. The van der Waals surface area contributed by atoms with E-state index in [4.69, 9.17) is 9.47 Å². The van der Waals surface area contributed by atoms with Crippen LogP contribution in [0, 0.1) is 6.07 Å². The zero-order chi connectivity index (χ0) is 9.10. The summed E-state index contributed by atoms with van der Waals surface area (Å²) in [6, 6.07) is 8.65. The average molecular weight is 177 g/mol. The molecule has 0 spiro atoms. The van der Waals surface area contributed by atoms with Gasteiger partial charge in [-0.05, 0) is 31.9 Å². The van der Waals surface area contributed by atoms with E-state index in [9.17, 15) is 0 Å². The van der Waals surface area contributed by atoms with Crippen LogP contribution in [-0.4, -0.2) is 12.7 Å². The highest BCUT2D eigenvalue weighted by molar-refractivity contribution is 5.32. The van der Waals surface area contributed by atoms with E-state index in [1.165, 1.54) is 12.8 Å². The largest absolute Gasteiger partial charge is 0.493 e. The van der Waals surface area contributed by atoms with Gasteiger partial charge in [0.25, 0.3) is 0 Å². The van der Waals surface area contributed by atoms with Gasteiger partial charge in [-0.1, -0.05) is 0 Å². The van der Waals surface area contributed by atoms with Gasteiger partial charge in [-0.25, -0.2) is 0 Å². The summed E-state index contributed by atoms with van der Waals surface area (Å²) in [6.45, 7) is 2.63. The molecule has 0 aromatic heterocycles. The maximum Gasteiger partial charge on any atom is 0.130 e. The monoisotopic (exact) mass is 177 g/mol. The van der Waals surface area contributed by atoms with E-state index in [0.29, 0.717) is 12.7 Å². The maximum atomic E-state index is 5.61. The second kappa shape index (κ2) is 3.69. The van der Waals surface area contributed by atoms with Crippen LogP contribution in [0.5, 0.6) is 11.5 Å². The highest BCUT2D eigenvalue weighted by atomic mass is 16.5. The van der Waals surface area contributed by atoms with Crippen molar-refractivity contribution in [2.45, 2.75) is 25.9 Å². The molecule has 1 aliphatic rings. The lowest BCUT2D eigenvalue weighted by atomic mass is 10.3. The molecule has 0 bridgehead atoms. The summed E-state index contributed by atoms with van der Waals surface area (Å²) < 4.78 is 10.9. The van der Waals surface area contributed by atoms with E-state index in [-0.39, 0.29) is 0 Å². The third-order valence-corrected chi connectivity index (χ3v) is 1.87. The van der Waals surface area contributed by atoms with Crippen LogP contribution in [0.4, 0.5) is 0 Å². The fourth-order valence-electron chi connectivity index (χ4n) is 1.12. The normalized spacial score (nSPS) is 15.5. The summed E-state index contributed by atoms with van der Waals surface area (Å²) in [5.41, 5.74) is 0. The quantitative estimate of drug-likeness (QED) is 0.703. The fourth-order valence-corrected chi connectivity index (χ4v) is 1.12. The molecular formula is C11H13O2. The summed E-state index contributed by atoms with van der Waals surface area (Å²) in [5, 5.41) is 0. The van der Waals surface area contributed by atoms with Gasteiger partial charge in [-0.15, -0.1) is 0 Å². The van der Waals surface area contributed by atoms with Crippen molar-refractivity contribution in [1.29, 1.82) is 0 Å². The van der Waals surface area contributed by atoms with Crippen LogP contribution in [-0.2, 0) is 0 Å². The molecule has 1 fully saturated rings. The summed E-state index contributed by atoms with van der Waals surface area (Å²) in [7, 11) is 0. The van der Waals surface area contributed by atoms with Crippen molar-refractivity contribution in [2.24, 2.45) is 0 Å². The van der Waals surface area contributed by atoms with Gasteiger partial charge >= 0.3 is 0 Å². The Morgan fingerprint density at radius 2 is 2.38 bits per heavy atom. The minimum atomic E-state index is 0.442. The van der Waals surface area contributed by atoms with Gasteiger partial charge in [0.1, 0.15) is 11.5 Å². The molecule has 1 aliphatic carbocycles. The molecule has 0 aliphatic heterocycles. The molecule has 0 heterocycles. The zero-order valence-electron chi connectivity index (χ0n) is 7.75. The first kappa shape index (κ1) is 8.42. The predicted molar refractivity (Wildman–Crippen MR) is 50.1 cm³/mol. The Morgan fingerprint density at radius 3 is 3.08 bits per heavy atom. The Balaban J connectivity index is 2.02. The highest BCUT2D eigenvalue weighted by Gasteiger charge is 2.23. The summed E-state index contributed by atoms with van der Waals surface area (Å²) >= 11 is 0. The molecule has 2 nitrogen and oxygen atoms in total. The van der Waals surface area contributed by atoms with E-state index in [1.807, 2.05) is 25.1 Å². The SMILES string of the molecule is CCOc1[c]ccc(OC2CC2)c1. The van der Waals surface area contributed by atoms with Crippen LogP contribution in [0.25, 0.3) is 0 Å². The second-order valence-electron chi connectivity index (χ2n) is 3.14. The minimum absolute atomic E-state index is 0.442. The first-order chi connectivity index (χ1) is 6.38. The van der Waals surface area contributed by atoms with Gasteiger partial charge < -0.3 is 9.47 Å². The van der Waals surface area contributed by atoms with Crippen molar-refractivity contribution >= 4 is 0 Å². The molecule has 69 valence electrons. The van der Waals surface area contributed by atoms with Gasteiger partial charge in [0, 0.05) is 12.1 Å². The number of hydrogen-bond acceptors (Lipinski definition) is 2. The van der Waals surface area contributed by atoms with E-state index >= 15 is 0 Å². The maximum absolute atomic E-state index is 5.61. The smallest absolute Gasteiger partial charge is 0.130 e. The first-order valence-corrected chi connectivity index (χ1v) is 4.69. The molecule has 0 N–H and O–H groups in total. The topological polar surface area (TPSA) is 18.5 Å². The molecule has 0 saturated heterocycles. The lowest BCUT2D eigenvalue weighted by Gasteiger charge is -2.06. The third-order valence-electron chi connectivity index (χ3n) is 1.87. The fraction of sp³-hybridized carbons (Fsp3) is 0.455. The Labute approximate surface area is 78.5 Å². The Hall–Kier alpha value is -1.18. The van der Waals surface area contributed by atoms with Crippen LogP contribution >= 0.6 is 0 Å². The van der Waals surface area contributed by atoms with Crippen LogP contribution in [0.15, 0.2) is 18.2 Å². The Bertz CT molecular complexity index is 279. The van der Waals surface area contributed by atoms with Crippen molar-refractivity contribution in [3.05, 3.63) is 24.3 Å². The van der Waals surface area contributed by atoms with Crippen LogP contribution < -0.4 is 9.47 Å². The number of benzene rings is 1. The molecule has 13 heavy (non-hydrogen) atoms.